The number of hydrogen-bond donors (Lipinski definition) is 2. The molecule has 204 valence electrons. The van der Waals surface area contributed by atoms with Crippen molar-refractivity contribution in [1.29, 1.82) is 0 Å². The van der Waals surface area contributed by atoms with E-state index in [0.717, 1.165) is 74.7 Å². The molecule has 0 saturated carbocycles. The molecule has 4 rings (SSSR count). The molecule has 2 aliphatic heterocycles. The highest BCUT2D eigenvalue weighted by Gasteiger charge is 2.33. The summed E-state index contributed by atoms with van der Waals surface area (Å²) in [7, 11) is 3.44. The molecular formula is C30H44N2O5. The number of nitrogens with one attached hydrogen (secondary N) is 1. The number of hydrogen-bond acceptors (Lipinski definition) is 7. The fourth-order valence-electron chi connectivity index (χ4n) is 5.33. The highest BCUT2D eigenvalue weighted by Crippen LogP contribution is 2.35. The van der Waals surface area contributed by atoms with Gasteiger partial charge in [-0.2, -0.15) is 0 Å². The molecule has 1 fully saturated rings. The average molecular weight is 513 g/mol. The zero-order valence-electron chi connectivity index (χ0n) is 22.9. The SMILES string of the molecule is COCCCN1CCOc2ccc(CO[C@H]3CN[C@@H](CCC(C)(C)O)C[C@@H]3c3ccc(OC)cc3)cc21. The Bertz CT molecular complexity index is 975. The third kappa shape index (κ3) is 7.84. The maximum absolute atomic E-state index is 10.2. The molecule has 0 aromatic heterocycles. The van der Waals surface area contributed by atoms with Crippen LogP contribution in [0.5, 0.6) is 11.5 Å². The van der Waals surface area contributed by atoms with Crippen LogP contribution in [0.1, 0.15) is 56.6 Å². The lowest BCUT2D eigenvalue weighted by Crippen LogP contribution is -2.47. The van der Waals surface area contributed by atoms with Crippen molar-refractivity contribution in [2.45, 2.75) is 69.8 Å². The topological polar surface area (TPSA) is 72.4 Å². The van der Waals surface area contributed by atoms with E-state index in [9.17, 15) is 5.11 Å². The first kappa shape index (κ1) is 27.7. The summed E-state index contributed by atoms with van der Waals surface area (Å²) >= 11 is 0. The van der Waals surface area contributed by atoms with Gasteiger partial charge in [0.05, 0.1) is 37.7 Å². The quantitative estimate of drug-likeness (QED) is 0.406. The summed E-state index contributed by atoms with van der Waals surface area (Å²) in [5, 5.41) is 13.9. The van der Waals surface area contributed by atoms with Gasteiger partial charge in [0.2, 0.25) is 0 Å². The van der Waals surface area contributed by atoms with Crippen molar-refractivity contribution in [2.75, 3.05) is 52.0 Å². The van der Waals surface area contributed by atoms with Gasteiger partial charge < -0.3 is 34.3 Å². The van der Waals surface area contributed by atoms with Crippen LogP contribution in [0, 0.1) is 0 Å². The van der Waals surface area contributed by atoms with Gasteiger partial charge in [0, 0.05) is 38.8 Å². The highest BCUT2D eigenvalue weighted by molar-refractivity contribution is 5.61. The van der Waals surface area contributed by atoms with Crippen molar-refractivity contribution in [3.05, 3.63) is 53.6 Å². The predicted octanol–water partition coefficient (Wildman–Crippen LogP) is 4.51. The van der Waals surface area contributed by atoms with Crippen LogP contribution < -0.4 is 19.7 Å². The molecule has 2 aromatic carbocycles. The Hall–Kier alpha value is -2.32. The molecule has 7 nitrogen and oxygen atoms in total. The first-order chi connectivity index (χ1) is 17.9. The van der Waals surface area contributed by atoms with Gasteiger partial charge in [-0.15, -0.1) is 0 Å². The van der Waals surface area contributed by atoms with Gasteiger partial charge in [-0.05, 0) is 74.9 Å². The molecule has 2 heterocycles. The number of nitrogens with zero attached hydrogens (tertiary/aromatic N) is 1. The van der Waals surface area contributed by atoms with Gasteiger partial charge in [-0.1, -0.05) is 18.2 Å². The molecule has 0 aliphatic carbocycles. The van der Waals surface area contributed by atoms with E-state index in [4.69, 9.17) is 18.9 Å². The van der Waals surface area contributed by atoms with E-state index in [0.29, 0.717) is 19.3 Å². The van der Waals surface area contributed by atoms with Crippen molar-refractivity contribution < 1.29 is 24.1 Å². The molecule has 7 heteroatoms. The molecule has 0 bridgehead atoms. The molecule has 0 radical (unpaired) electrons. The Kier molecular flexibility index (Phi) is 9.71. The number of piperidine rings is 1. The second-order valence-corrected chi connectivity index (χ2v) is 10.9. The van der Waals surface area contributed by atoms with Crippen molar-refractivity contribution in [3.63, 3.8) is 0 Å². The van der Waals surface area contributed by atoms with Crippen LogP contribution in [0.3, 0.4) is 0 Å². The predicted molar refractivity (Wildman–Crippen MR) is 147 cm³/mol. The summed E-state index contributed by atoms with van der Waals surface area (Å²) < 4.78 is 23.1. The summed E-state index contributed by atoms with van der Waals surface area (Å²) in [5.74, 6) is 2.07. The minimum absolute atomic E-state index is 0.0527. The molecule has 2 N–H and O–H groups in total. The van der Waals surface area contributed by atoms with Gasteiger partial charge in [-0.25, -0.2) is 0 Å². The van der Waals surface area contributed by atoms with Gasteiger partial charge >= 0.3 is 0 Å². The number of aliphatic hydroxyl groups is 1. The van der Waals surface area contributed by atoms with E-state index in [-0.39, 0.29) is 12.0 Å². The number of ether oxygens (including phenoxy) is 4. The van der Waals surface area contributed by atoms with Crippen LogP contribution in [0.2, 0.25) is 0 Å². The largest absolute Gasteiger partial charge is 0.497 e. The maximum atomic E-state index is 10.2. The van der Waals surface area contributed by atoms with Crippen molar-refractivity contribution in [1.82, 2.24) is 5.32 Å². The Morgan fingerprint density at radius 2 is 1.95 bits per heavy atom. The summed E-state index contributed by atoms with van der Waals surface area (Å²) in [4.78, 5) is 2.39. The molecule has 37 heavy (non-hydrogen) atoms. The van der Waals surface area contributed by atoms with Crippen LogP contribution in [0.25, 0.3) is 0 Å². The molecule has 2 aliphatic rings. The number of benzene rings is 2. The number of methoxy groups -OCH3 is 2. The number of rotatable bonds is 12. The smallest absolute Gasteiger partial charge is 0.142 e. The fourth-order valence-corrected chi connectivity index (χ4v) is 5.33. The van der Waals surface area contributed by atoms with Gasteiger partial charge in [-0.3, -0.25) is 0 Å². The lowest BCUT2D eigenvalue weighted by atomic mass is 9.82. The first-order valence-electron chi connectivity index (χ1n) is 13.6. The standard InChI is InChI=1S/C30H44N2O5/c1-30(2,33)13-12-24-19-26(23-7-9-25(35-4)10-8-23)29(20-31-24)37-21-22-6-11-28-27(18-22)32(15-17-36-28)14-5-16-34-3/h6-11,18,24,26,29,31,33H,5,12-17,19-21H2,1-4H3/t24-,26+,29-/m0/s1. The molecule has 0 unspecified atom stereocenters. The monoisotopic (exact) mass is 512 g/mol. The van der Waals surface area contributed by atoms with Gasteiger partial charge in [0.15, 0.2) is 0 Å². The Morgan fingerprint density at radius 3 is 2.68 bits per heavy atom. The number of anilines is 1. The van der Waals surface area contributed by atoms with Crippen LogP contribution >= 0.6 is 0 Å². The Labute approximate surface area is 222 Å². The third-order valence-electron chi connectivity index (χ3n) is 7.47. The third-order valence-corrected chi connectivity index (χ3v) is 7.47. The first-order valence-corrected chi connectivity index (χ1v) is 13.6. The van der Waals surface area contributed by atoms with E-state index >= 15 is 0 Å². The Balaban J connectivity index is 1.44. The Morgan fingerprint density at radius 1 is 1.14 bits per heavy atom. The van der Waals surface area contributed by atoms with Crippen molar-refractivity contribution in [3.8, 4) is 11.5 Å². The fraction of sp³-hybridized carbons (Fsp3) is 0.600. The van der Waals surface area contributed by atoms with E-state index in [1.165, 1.54) is 5.56 Å². The normalized spacial score (nSPS) is 21.9. The van der Waals surface area contributed by atoms with E-state index < -0.39 is 5.60 Å². The highest BCUT2D eigenvalue weighted by atomic mass is 16.5. The van der Waals surface area contributed by atoms with Crippen molar-refractivity contribution >= 4 is 5.69 Å². The lowest BCUT2D eigenvalue weighted by molar-refractivity contribution is -0.000855. The summed E-state index contributed by atoms with van der Waals surface area (Å²) in [5.41, 5.74) is 2.91. The van der Waals surface area contributed by atoms with Gasteiger partial charge in [0.25, 0.3) is 0 Å². The zero-order valence-corrected chi connectivity index (χ0v) is 22.9. The molecule has 3 atom stereocenters. The second kappa shape index (κ2) is 13.0. The minimum Gasteiger partial charge on any atom is -0.497 e. The summed E-state index contributed by atoms with van der Waals surface area (Å²) in [6.45, 7) is 8.40. The summed E-state index contributed by atoms with van der Waals surface area (Å²) in [6.07, 6.45) is 3.72. The maximum Gasteiger partial charge on any atom is 0.142 e. The van der Waals surface area contributed by atoms with E-state index in [2.05, 4.69) is 40.5 Å². The molecular weight excluding hydrogens is 468 g/mol. The molecule has 0 spiro atoms. The number of fused-ring (bicyclic) bond motifs is 1. The minimum atomic E-state index is -0.655. The average Bonchev–Trinajstić information content (AvgIpc) is 2.91. The van der Waals surface area contributed by atoms with E-state index in [1.807, 2.05) is 26.0 Å². The van der Waals surface area contributed by atoms with Crippen molar-refractivity contribution in [2.24, 2.45) is 0 Å². The molecule has 1 saturated heterocycles. The van der Waals surface area contributed by atoms with Crippen LogP contribution in [-0.4, -0.2) is 69.9 Å². The van der Waals surface area contributed by atoms with Crippen LogP contribution in [-0.2, 0) is 16.1 Å². The van der Waals surface area contributed by atoms with Crippen LogP contribution in [0.4, 0.5) is 5.69 Å². The molecule has 2 aromatic rings. The molecule has 0 amide bonds. The van der Waals surface area contributed by atoms with Gasteiger partial charge in [0.1, 0.15) is 18.1 Å². The zero-order chi connectivity index (χ0) is 26.3. The van der Waals surface area contributed by atoms with Crippen LogP contribution in [0.15, 0.2) is 42.5 Å². The summed E-state index contributed by atoms with van der Waals surface area (Å²) in [6, 6.07) is 15.1. The van der Waals surface area contributed by atoms with E-state index in [1.54, 1.807) is 14.2 Å². The lowest BCUT2D eigenvalue weighted by Gasteiger charge is -2.38. The second-order valence-electron chi connectivity index (χ2n) is 10.9.